The fourth-order valence-corrected chi connectivity index (χ4v) is 1.27. The van der Waals surface area contributed by atoms with Crippen molar-refractivity contribution in [1.29, 1.82) is 0 Å². The standard InChI is InChI=1S/C8H6ClNO4/c9-8-5(4-7(11)12)2-1-3-6(8)10(13)14/h1-3H,4H2,(H,11,12). The summed E-state index contributed by atoms with van der Waals surface area (Å²) >= 11 is 5.64. The predicted octanol–water partition coefficient (Wildman–Crippen LogP) is 1.88. The van der Waals surface area contributed by atoms with Gasteiger partial charge in [0.05, 0.1) is 11.3 Å². The first-order valence-electron chi connectivity index (χ1n) is 3.66. The van der Waals surface area contributed by atoms with E-state index in [4.69, 9.17) is 16.7 Å². The van der Waals surface area contributed by atoms with Gasteiger partial charge in [-0.25, -0.2) is 0 Å². The molecule has 0 aliphatic heterocycles. The van der Waals surface area contributed by atoms with Gasteiger partial charge in [0.25, 0.3) is 5.69 Å². The van der Waals surface area contributed by atoms with Crippen LogP contribution < -0.4 is 0 Å². The van der Waals surface area contributed by atoms with Crippen molar-refractivity contribution in [2.75, 3.05) is 0 Å². The van der Waals surface area contributed by atoms with Crippen LogP contribution in [0.2, 0.25) is 5.02 Å². The Morgan fingerprint density at radius 3 is 2.71 bits per heavy atom. The number of carbonyl (C=O) groups is 1. The summed E-state index contributed by atoms with van der Waals surface area (Å²) in [5, 5.41) is 18.8. The number of benzene rings is 1. The van der Waals surface area contributed by atoms with E-state index >= 15 is 0 Å². The monoisotopic (exact) mass is 215 g/mol. The Morgan fingerprint density at radius 1 is 1.57 bits per heavy atom. The lowest BCUT2D eigenvalue weighted by Gasteiger charge is -2.00. The SMILES string of the molecule is O=C(O)Cc1cccc([N+](=O)[O-])c1Cl. The van der Waals surface area contributed by atoms with Gasteiger partial charge >= 0.3 is 5.97 Å². The van der Waals surface area contributed by atoms with Gasteiger partial charge in [-0.15, -0.1) is 0 Å². The maximum absolute atomic E-state index is 10.4. The number of nitro groups is 1. The van der Waals surface area contributed by atoms with E-state index in [2.05, 4.69) is 0 Å². The van der Waals surface area contributed by atoms with Crippen LogP contribution in [0.1, 0.15) is 5.56 Å². The lowest BCUT2D eigenvalue weighted by Crippen LogP contribution is -2.01. The summed E-state index contributed by atoms with van der Waals surface area (Å²) in [6, 6.07) is 4.08. The minimum absolute atomic E-state index is 0.111. The van der Waals surface area contributed by atoms with E-state index < -0.39 is 10.9 Å². The van der Waals surface area contributed by atoms with E-state index in [0.717, 1.165) is 0 Å². The van der Waals surface area contributed by atoms with Crippen molar-refractivity contribution in [2.45, 2.75) is 6.42 Å². The van der Waals surface area contributed by atoms with Crippen molar-refractivity contribution in [3.8, 4) is 0 Å². The lowest BCUT2D eigenvalue weighted by molar-refractivity contribution is -0.384. The van der Waals surface area contributed by atoms with Crippen LogP contribution in [0.4, 0.5) is 5.69 Å². The van der Waals surface area contributed by atoms with Crippen molar-refractivity contribution in [1.82, 2.24) is 0 Å². The average Bonchev–Trinajstić information content (AvgIpc) is 2.07. The minimum atomic E-state index is -1.08. The molecule has 0 heterocycles. The molecule has 0 unspecified atom stereocenters. The molecule has 0 radical (unpaired) electrons. The second-order valence-corrected chi connectivity index (χ2v) is 2.96. The Balaban J connectivity index is 3.13. The molecule has 1 aromatic carbocycles. The van der Waals surface area contributed by atoms with Crippen molar-refractivity contribution in [2.24, 2.45) is 0 Å². The molecule has 5 nitrogen and oxygen atoms in total. The summed E-state index contributed by atoms with van der Waals surface area (Å²) < 4.78 is 0. The van der Waals surface area contributed by atoms with Gasteiger partial charge in [-0.05, 0) is 5.56 Å². The molecule has 1 N–H and O–H groups in total. The number of hydrogen-bond donors (Lipinski definition) is 1. The molecule has 0 aromatic heterocycles. The van der Waals surface area contributed by atoms with Gasteiger partial charge in [0, 0.05) is 6.07 Å². The molecule has 0 saturated carbocycles. The quantitative estimate of drug-likeness (QED) is 0.617. The molecule has 6 heteroatoms. The van der Waals surface area contributed by atoms with Gasteiger partial charge in [0.15, 0.2) is 0 Å². The number of rotatable bonds is 3. The Kier molecular flexibility index (Phi) is 3.03. The van der Waals surface area contributed by atoms with Gasteiger partial charge in [0.2, 0.25) is 0 Å². The summed E-state index contributed by atoms with van der Waals surface area (Å²) in [6.07, 6.45) is -0.319. The normalized spacial score (nSPS) is 9.79. The van der Waals surface area contributed by atoms with Crippen LogP contribution in [0.5, 0.6) is 0 Å². The van der Waals surface area contributed by atoms with Crippen LogP contribution >= 0.6 is 11.6 Å². The van der Waals surface area contributed by atoms with Crippen LogP contribution in [-0.2, 0) is 11.2 Å². The van der Waals surface area contributed by atoms with E-state index in [0.29, 0.717) is 0 Å². The lowest BCUT2D eigenvalue weighted by atomic mass is 10.1. The van der Waals surface area contributed by atoms with Gasteiger partial charge in [-0.1, -0.05) is 23.7 Å². The first kappa shape index (κ1) is 10.5. The minimum Gasteiger partial charge on any atom is -0.481 e. The zero-order valence-electron chi connectivity index (χ0n) is 6.94. The number of nitrogens with zero attached hydrogens (tertiary/aromatic N) is 1. The number of carboxylic acids is 1. The van der Waals surface area contributed by atoms with Crippen LogP contribution in [-0.4, -0.2) is 16.0 Å². The highest BCUT2D eigenvalue weighted by atomic mass is 35.5. The van der Waals surface area contributed by atoms with Crippen LogP contribution in [0.3, 0.4) is 0 Å². The van der Waals surface area contributed by atoms with E-state index in [1.54, 1.807) is 0 Å². The number of halogens is 1. The summed E-state index contributed by atoms with van der Waals surface area (Å²) in [4.78, 5) is 20.2. The highest BCUT2D eigenvalue weighted by Gasteiger charge is 2.16. The first-order chi connectivity index (χ1) is 6.52. The topological polar surface area (TPSA) is 80.4 Å². The van der Waals surface area contributed by atoms with Gasteiger partial charge < -0.3 is 5.11 Å². The summed E-state index contributed by atoms with van der Waals surface area (Å²) in [6.45, 7) is 0. The fraction of sp³-hybridized carbons (Fsp3) is 0.125. The number of carboxylic acid groups (broad SMARTS) is 1. The summed E-state index contributed by atoms with van der Waals surface area (Å²) in [7, 11) is 0. The van der Waals surface area contributed by atoms with Crippen molar-refractivity contribution < 1.29 is 14.8 Å². The zero-order chi connectivity index (χ0) is 10.7. The second-order valence-electron chi connectivity index (χ2n) is 2.58. The molecule has 0 saturated heterocycles. The Hall–Kier alpha value is -1.62. The number of hydrogen-bond acceptors (Lipinski definition) is 3. The average molecular weight is 216 g/mol. The highest BCUT2D eigenvalue weighted by molar-refractivity contribution is 6.33. The second kappa shape index (κ2) is 4.06. The molecule has 0 atom stereocenters. The smallest absolute Gasteiger partial charge is 0.307 e. The van der Waals surface area contributed by atoms with Gasteiger partial charge in [0.1, 0.15) is 5.02 Å². The Morgan fingerprint density at radius 2 is 2.21 bits per heavy atom. The molecule has 0 fully saturated rings. The third kappa shape index (κ3) is 2.20. The highest BCUT2D eigenvalue weighted by Crippen LogP contribution is 2.27. The molecule has 0 aliphatic rings. The van der Waals surface area contributed by atoms with E-state index in [-0.39, 0.29) is 22.7 Å². The summed E-state index contributed by atoms with van der Waals surface area (Å²) in [5.74, 6) is -1.08. The zero-order valence-corrected chi connectivity index (χ0v) is 7.69. The third-order valence-corrected chi connectivity index (χ3v) is 2.03. The third-order valence-electron chi connectivity index (χ3n) is 1.60. The van der Waals surface area contributed by atoms with E-state index in [1.165, 1.54) is 18.2 Å². The molecule has 1 rings (SSSR count). The number of nitro benzene ring substituents is 1. The molecule has 0 spiro atoms. The molecular formula is C8H6ClNO4. The van der Waals surface area contributed by atoms with Gasteiger partial charge in [-0.3, -0.25) is 14.9 Å². The first-order valence-corrected chi connectivity index (χ1v) is 4.03. The molecule has 14 heavy (non-hydrogen) atoms. The fourth-order valence-electron chi connectivity index (χ4n) is 1.01. The van der Waals surface area contributed by atoms with Crippen molar-refractivity contribution in [3.63, 3.8) is 0 Å². The number of aliphatic carboxylic acids is 1. The predicted molar refractivity (Wildman–Crippen MR) is 49.4 cm³/mol. The molecule has 0 aliphatic carbocycles. The van der Waals surface area contributed by atoms with E-state index in [1.807, 2.05) is 0 Å². The van der Waals surface area contributed by atoms with Crippen LogP contribution in [0.25, 0.3) is 0 Å². The maximum atomic E-state index is 10.4. The van der Waals surface area contributed by atoms with Crippen LogP contribution in [0, 0.1) is 10.1 Å². The maximum Gasteiger partial charge on any atom is 0.307 e. The molecule has 1 aromatic rings. The Bertz CT molecular complexity index is 391. The molecular weight excluding hydrogens is 210 g/mol. The largest absolute Gasteiger partial charge is 0.481 e. The molecule has 74 valence electrons. The van der Waals surface area contributed by atoms with Crippen molar-refractivity contribution in [3.05, 3.63) is 38.9 Å². The van der Waals surface area contributed by atoms with Crippen molar-refractivity contribution >= 4 is 23.3 Å². The van der Waals surface area contributed by atoms with E-state index in [9.17, 15) is 14.9 Å². The molecule has 0 bridgehead atoms. The van der Waals surface area contributed by atoms with Crippen LogP contribution in [0.15, 0.2) is 18.2 Å². The Labute approximate surface area is 84.1 Å². The summed E-state index contributed by atoms with van der Waals surface area (Å²) in [5.41, 5.74) is -0.0289. The van der Waals surface area contributed by atoms with Gasteiger partial charge in [-0.2, -0.15) is 0 Å². The molecule has 0 amide bonds.